The predicted molar refractivity (Wildman–Crippen MR) is 141 cm³/mol. The van der Waals surface area contributed by atoms with E-state index >= 15 is 0 Å². The van der Waals surface area contributed by atoms with Crippen LogP contribution in [0.3, 0.4) is 0 Å². The summed E-state index contributed by atoms with van der Waals surface area (Å²) in [6.07, 6.45) is 2.96. The number of benzene rings is 2. The number of aliphatic hydroxyl groups is 1. The number of halogens is 3. The van der Waals surface area contributed by atoms with E-state index < -0.39 is 40.5 Å². The van der Waals surface area contributed by atoms with Crippen LogP contribution in [0.2, 0.25) is 0 Å². The Morgan fingerprint density at radius 1 is 1.18 bits per heavy atom. The molecule has 3 aromatic rings. The Labute approximate surface area is 225 Å². The highest BCUT2D eigenvalue weighted by atomic mass is 19.1. The Balaban J connectivity index is 1.44. The molecular weight excluding hydrogens is 509 g/mol. The number of likely N-dealkylation sites (tertiary alicyclic amines) is 1. The fourth-order valence-electron chi connectivity index (χ4n) is 5.37. The minimum Gasteiger partial charge on any atom is -0.497 e. The van der Waals surface area contributed by atoms with Crippen LogP contribution in [0.25, 0.3) is 10.9 Å². The smallest absolute Gasteiger partial charge is 0.303 e. The zero-order valence-electron chi connectivity index (χ0n) is 21.9. The molecule has 0 unspecified atom stereocenters. The summed E-state index contributed by atoms with van der Waals surface area (Å²) in [6.45, 7) is 3.24. The first-order chi connectivity index (χ1) is 18.6. The van der Waals surface area contributed by atoms with E-state index in [-0.39, 0.29) is 13.0 Å². The second-order valence-corrected chi connectivity index (χ2v) is 10.2. The van der Waals surface area contributed by atoms with E-state index in [1.54, 1.807) is 13.3 Å². The molecule has 1 fully saturated rings. The van der Waals surface area contributed by atoms with Crippen molar-refractivity contribution in [1.82, 2.24) is 9.88 Å². The van der Waals surface area contributed by atoms with Crippen molar-refractivity contribution in [1.29, 1.82) is 0 Å². The van der Waals surface area contributed by atoms with Crippen LogP contribution in [0.5, 0.6) is 5.75 Å². The molecule has 0 spiro atoms. The molecule has 39 heavy (non-hydrogen) atoms. The Morgan fingerprint density at radius 3 is 2.51 bits per heavy atom. The number of piperidine rings is 1. The normalized spacial score (nSPS) is 15.9. The Kier molecular flexibility index (Phi) is 8.78. The van der Waals surface area contributed by atoms with Gasteiger partial charge in [0.2, 0.25) is 0 Å². The van der Waals surface area contributed by atoms with E-state index in [1.165, 1.54) is 0 Å². The maximum absolute atomic E-state index is 13.8. The van der Waals surface area contributed by atoms with Gasteiger partial charge in [-0.3, -0.25) is 14.7 Å². The maximum atomic E-state index is 13.8. The lowest BCUT2D eigenvalue weighted by Crippen LogP contribution is -2.41. The van der Waals surface area contributed by atoms with E-state index in [0.717, 1.165) is 22.0 Å². The summed E-state index contributed by atoms with van der Waals surface area (Å²) in [6, 6.07) is 6.69. The highest BCUT2D eigenvalue weighted by molar-refractivity contribution is 5.84. The molecule has 0 radical (unpaired) electrons. The summed E-state index contributed by atoms with van der Waals surface area (Å²) in [5.74, 6) is 1.86. The number of rotatable bonds is 8. The van der Waals surface area contributed by atoms with Crippen LogP contribution in [0, 0.1) is 41.6 Å². The molecule has 2 heterocycles. The van der Waals surface area contributed by atoms with Gasteiger partial charge in [-0.25, -0.2) is 13.2 Å². The molecule has 0 amide bonds. The molecular formula is C30H31F3N2O4. The van der Waals surface area contributed by atoms with Crippen molar-refractivity contribution in [3.8, 4) is 17.6 Å². The summed E-state index contributed by atoms with van der Waals surface area (Å²) >= 11 is 0. The van der Waals surface area contributed by atoms with Crippen LogP contribution in [-0.2, 0) is 4.79 Å². The molecule has 2 aromatic carbocycles. The van der Waals surface area contributed by atoms with Gasteiger partial charge in [0.05, 0.1) is 37.3 Å². The van der Waals surface area contributed by atoms with E-state index in [2.05, 4.69) is 16.8 Å². The Hall–Kier alpha value is -3.61. The topological polar surface area (TPSA) is 82.9 Å². The van der Waals surface area contributed by atoms with Crippen molar-refractivity contribution in [3.63, 3.8) is 0 Å². The molecule has 0 saturated carbocycles. The second kappa shape index (κ2) is 12.1. The van der Waals surface area contributed by atoms with E-state index in [4.69, 9.17) is 4.74 Å². The van der Waals surface area contributed by atoms with Gasteiger partial charge in [0.25, 0.3) is 0 Å². The van der Waals surface area contributed by atoms with Gasteiger partial charge in [-0.15, -0.1) is 0 Å². The van der Waals surface area contributed by atoms with Crippen molar-refractivity contribution in [2.75, 3.05) is 26.7 Å². The number of carboxylic acid groups (broad SMARTS) is 1. The molecule has 2 N–H and O–H groups in total. The van der Waals surface area contributed by atoms with Gasteiger partial charge < -0.3 is 14.9 Å². The molecule has 1 atom stereocenters. The molecule has 1 aliphatic rings. The molecule has 1 aliphatic heterocycles. The monoisotopic (exact) mass is 540 g/mol. The number of carbonyl (C=O) groups is 1. The summed E-state index contributed by atoms with van der Waals surface area (Å²) in [5.41, 5.74) is 1.38. The third kappa shape index (κ3) is 6.70. The van der Waals surface area contributed by atoms with Crippen molar-refractivity contribution >= 4 is 16.9 Å². The predicted octanol–water partition coefficient (Wildman–Crippen LogP) is 5.39. The molecule has 0 aliphatic carbocycles. The summed E-state index contributed by atoms with van der Waals surface area (Å²) < 4.78 is 46.1. The number of hydrogen-bond acceptors (Lipinski definition) is 5. The Bertz CT molecular complexity index is 1400. The number of methoxy groups -OCH3 is 1. The van der Waals surface area contributed by atoms with Crippen molar-refractivity contribution in [2.45, 2.75) is 45.1 Å². The van der Waals surface area contributed by atoms with E-state index in [1.807, 2.05) is 30.0 Å². The van der Waals surface area contributed by atoms with Crippen LogP contribution in [0.15, 0.2) is 36.5 Å². The third-order valence-corrected chi connectivity index (χ3v) is 7.56. The number of fused-ring (bicyclic) bond motifs is 1. The van der Waals surface area contributed by atoms with Crippen molar-refractivity contribution < 1.29 is 32.9 Å². The van der Waals surface area contributed by atoms with E-state index in [9.17, 15) is 28.2 Å². The van der Waals surface area contributed by atoms with Gasteiger partial charge in [-0.1, -0.05) is 11.8 Å². The Morgan fingerprint density at radius 2 is 1.87 bits per heavy atom. The molecule has 6 nitrogen and oxygen atoms in total. The molecule has 206 valence electrons. The lowest BCUT2D eigenvalue weighted by molar-refractivity contribution is -0.141. The molecule has 0 bridgehead atoms. The largest absolute Gasteiger partial charge is 0.497 e. The lowest BCUT2D eigenvalue weighted by Gasteiger charge is -2.41. The van der Waals surface area contributed by atoms with Gasteiger partial charge in [-0.2, -0.15) is 0 Å². The minimum absolute atomic E-state index is 0.0187. The fourth-order valence-corrected chi connectivity index (χ4v) is 5.37. The summed E-state index contributed by atoms with van der Waals surface area (Å²) in [5, 5.41) is 21.7. The number of aryl methyl sites for hydroxylation is 1. The van der Waals surface area contributed by atoms with Crippen LogP contribution in [0.4, 0.5) is 13.2 Å². The average Bonchev–Trinajstić information content (AvgIpc) is 2.89. The number of aliphatic hydroxyl groups excluding tert-OH is 1. The summed E-state index contributed by atoms with van der Waals surface area (Å²) in [4.78, 5) is 18.2. The van der Waals surface area contributed by atoms with Gasteiger partial charge >= 0.3 is 5.97 Å². The zero-order chi connectivity index (χ0) is 28.2. The van der Waals surface area contributed by atoms with E-state index in [0.29, 0.717) is 56.7 Å². The summed E-state index contributed by atoms with van der Waals surface area (Å²) in [7, 11) is 1.58. The first kappa shape index (κ1) is 28.4. The molecule has 1 saturated heterocycles. The maximum Gasteiger partial charge on any atom is 0.303 e. The van der Waals surface area contributed by atoms with Crippen molar-refractivity contribution in [3.05, 3.63) is 70.7 Å². The first-order valence-electron chi connectivity index (χ1n) is 12.8. The highest BCUT2D eigenvalue weighted by Crippen LogP contribution is 2.42. The fraction of sp³-hybridized carbons (Fsp3) is 0.400. The highest BCUT2D eigenvalue weighted by Gasteiger charge is 2.37. The van der Waals surface area contributed by atoms with Gasteiger partial charge in [-0.05, 0) is 80.4 Å². The third-order valence-electron chi connectivity index (χ3n) is 7.56. The second-order valence-electron chi connectivity index (χ2n) is 10.2. The SMILES string of the molecule is COc1ccc2ncc(C)c([C@H](O)CCC3(CC(=O)O)CCN(CC#Cc4c(F)cc(F)cc4F)CC3)c2c1. The minimum atomic E-state index is -1.05. The number of hydrogen-bond donors (Lipinski definition) is 2. The number of pyridine rings is 1. The number of nitrogens with zero attached hydrogens (tertiary/aromatic N) is 2. The molecule has 1 aromatic heterocycles. The van der Waals surface area contributed by atoms with Crippen molar-refractivity contribution in [2.24, 2.45) is 5.41 Å². The lowest BCUT2D eigenvalue weighted by atomic mass is 9.71. The first-order valence-corrected chi connectivity index (χ1v) is 12.8. The zero-order valence-corrected chi connectivity index (χ0v) is 21.9. The van der Waals surface area contributed by atoms with Crippen LogP contribution in [0.1, 0.15) is 54.9 Å². The number of ether oxygens (including phenoxy) is 1. The number of carboxylic acids is 1. The molecule has 9 heteroatoms. The number of aliphatic carboxylic acids is 1. The average molecular weight is 541 g/mol. The molecule has 4 rings (SSSR count). The van der Waals surface area contributed by atoms with Gasteiger partial charge in [0, 0.05) is 23.7 Å². The van der Waals surface area contributed by atoms with Gasteiger partial charge in [0.15, 0.2) is 0 Å². The standard InChI is InChI=1S/C30H31F3N2O4/c1-19-18-34-26-6-5-21(39-2)16-23(26)29(19)27(36)7-8-30(17-28(37)38)9-12-35(13-10-30)11-3-4-22-24(32)14-20(31)15-25(22)33/h5-6,14-16,18,27,36H,7-13,17H2,1-2H3,(H,37,38)/t27-/m1/s1. The quantitative estimate of drug-likeness (QED) is 0.373. The van der Waals surface area contributed by atoms with Crippen LogP contribution >= 0.6 is 0 Å². The van der Waals surface area contributed by atoms with Crippen LogP contribution < -0.4 is 4.74 Å². The van der Waals surface area contributed by atoms with Crippen LogP contribution in [-0.4, -0.2) is 52.8 Å². The number of aromatic nitrogens is 1. The van der Waals surface area contributed by atoms with Gasteiger partial charge in [0.1, 0.15) is 23.2 Å².